The topological polar surface area (TPSA) is 83.4 Å². The number of halogens is 1. The van der Waals surface area contributed by atoms with Crippen molar-refractivity contribution in [2.45, 2.75) is 46.2 Å². The van der Waals surface area contributed by atoms with Crippen molar-refractivity contribution in [3.05, 3.63) is 45.5 Å². The maximum Gasteiger partial charge on any atom is 0.283 e. The molecule has 4 aliphatic rings. The van der Waals surface area contributed by atoms with Crippen LogP contribution < -0.4 is 15.8 Å². The molecular weight excluding hydrogens is 496 g/mol. The first-order valence-corrected chi connectivity index (χ1v) is 13.0. The molecule has 3 heterocycles. The minimum absolute atomic E-state index is 0.0505. The van der Waals surface area contributed by atoms with E-state index in [4.69, 9.17) is 0 Å². The largest absolute Gasteiger partial charge is 0.380 e. The van der Waals surface area contributed by atoms with Gasteiger partial charge in [-0.3, -0.25) is 14.6 Å². The quantitative estimate of drug-likeness (QED) is 0.641. The minimum Gasteiger partial charge on any atom is -0.380 e. The smallest absolute Gasteiger partial charge is 0.283 e. The van der Waals surface area contributed by atoms with Gasteiger partial charge in [-0.1, -0.05) is 20.8 Å². The average Bonchev–Trinajstić information content (AvgIpc) is 2.85. The highest BCUT2D eigenvalue weighted by Crippen LogP contribution is 2.61. The average molecular weight is 529 g/mol. The molecule has 2 aromatic rings. The molecule has 0 unspecified atom stereocenters. The highest BCUT2D eigenvalue weighted by molar-refractivity contribution is 9.10. The van der Waals surface area contributed by atoms with Crippen LogP contribution in [0, 0.1) is 23.2 Å². The van der Waals surface area contributed by atoms with Gasteiger partial charge in [0.2, 0.25) is 5.91 Å². The Kier molecular flexibility index (Phi) is 6.16. The predicted octanol–water partition coefficient (Wildman–Crippen LogP) is 3.23. The number of nitrogens with zero attached hydrogens (tertiary/aromatic N) is 5. The second kappa shape index (κ2) is 8.98. The van der Waals surface area contributed by atoms with Gasteiger partial charge in [0.25, 0.3) is 5.56 Å². The van der Waals surface area contributed by atoms with Crippen molar-refractivity contribution in [3.63, 3.8) is 0 Å². The standard InChI is InChI=1S/C25H33BrN6O2/c1-16-19-12-17(25(19,2)3)13-20(16)29-21-14-28-32(24(34)23(21)26)15-22(33)31-10-8-30(9-11-31)18-4-6-27-7-5-18/h4-7,14,16-17,19-20,29H,8-13,15H2,1-3H3/t16-,17+,19-,20-/m1/s1. The number of rotatable bonds is 5. The molecule has 9 heteroatoms. The zero-order chi connectivity index (χ0) is 24.0. The van der Waals surface area contributed by atoms with E-state index in [1.165, 1.54) is 11.1 Å². The summed E-state index contributed by atoms with van der Waals surface area (Å²) >= 11 is 3.47. The maximum absolute atomic E-state index is 13.0. The van der Waals surface area contributed by atoms with Crippen LogP contribution in [0.25, 0.3) is 0 Å². The number of hydrogen-bond acceptors (Lipinski definition) is 6. The molecule has 1 aliphatic heterocycles. The van der Waals surface area contributed by atoms with E-state index in [1.54, 1.807) is 18.6 Å². The summed E-state index contributed by atoms with van der Waals surface area (Å²) in [7, 11) is 0. The van der Waals surface area contributed by atoms with Crippen LogP contribution in [0.3, 0.4) is 0 Å². The van der Waals surface area contributed by atoms with E-state index < -0.39 is 0 Å². The molecule has 2 bridgehead atoms. The van der Waals surface area contributed by atoms with E-state index in [-0.39, 0.29) is 18.0 Å². The van der Waals surface area contributed by atoms with Gasteiger partial charge in [0.15, 0.2) is 0 Å². The second-order valence-electron chi connectivity index (χ2n) is 10.6. The number of carbonyl (C=O) groups excluding carboxylic acids is 1. The highest BCUT2D eigenvalue weighted by atomic mass is 79.9. The third-order valence-electron chi connectivity index (χ3n) is 8.63. The van der Waals surface area contributed by atoms with Crippen molar-refractivity contribution in [1.29, 1.82) is 0 Å². The Morgan fingerprint density at radius 2 is 1.88 bits per heavy atom. The third kappa shape index (κ3) is 4.12. The molecule has 1 N–H and O–H groups in total. The maximum atomic E-state index is 13.0. The van der Waals surface area contributed by atoms with Crippen LogP contribution in [-0.4, -0.2) is 57.8 Å². The normalized spacial score (nSPS) is 27.8. The van der Waals surface area contributed by atoms with E-state index in [0.717, 1.165) is 36.8 Å². The van der Waals surface area contributed by atoms with E-state index in [9.17, 15) is 9.59 Å². The van der Waals surface area contributed by atoms with Crippen molar-refractivity contribution in [2.24, 2.45) is 23.2 Å². The molecule has 4 atom stereocenters. The molecule has 0 aromatic carbocycles. The lowest BCUT2D eigenvalue weighted by atomic mass is 9.45. The number of nitrogens with one attached hydrogen (secondary N) is 1. The molecule has 182 valence electrons. The van der Waals surface area contributed by atoms with Crippen molar-refractivity contribution in [3.8, 4) is 0 Å². The van der Waals surface area contributed by atoms with Crippen molar-refractivity contribution in [2.75, 3.05) is 36.4 Å². The zero-order valence-electron chi connectivity index (χ0n) is 20.1. The fourth-order valence-corrected chi connectivity index (χ4v) is 6.64. The van der Waals surface area contributed by atoms with Crippen LogP contribution in [0.1, 0.15) is 33.6 Å². The molecule has 34 heavy (non-hydrogen) atoms. The Balaban J connectivity index is 1.20. The van der Waals surface area contributed by atoms with Crippen LogP contribution in [0.5, 0.6) is 0 Å². The molecular formula is C25H33BrN6O2. The van der Waals surface area contributed by atoms with E-state index in [2.05, 4.69) is 57.0 Å². The first-order valence-electron chi connectivity index (χ1n) is 12.2. The van der Waals surface area contributed by atoms with E-state index in [0.29, 0.717) is 40.9 Å². The number of carbonyl (C=O) groups is 1. The highest BCUT2D eigenvalue weighted by Gasteiger charge is 2.56. The Labute approximate surface area is 208 Å². The van der Waals surface area contributed by atoms with Crippen LogP contribution >= 0.6 is 15.9 Å². The van der Waals surface area contributed by atoms with E-state index in [1.807, 2.05) is 17.0 Å². The Hall–Kier alpha value is -2.42. The van der Waals surface area contributed by atoms with Gasteiger partial charge in [0, 0.05) is 50.3 Å². The summed E-state index contributed by atoms with van der Waals surface area (Å²) in [5.74, 6) is 1.91. The van der Waals surface area contributed by atoms with Gasteiger partial charge in [0.1, 0.15) is 11.0 Å². The number of fused-ring (bicyclic) bond motifs is 2. The summed E-state index contributed by atoms with van der Waals surface area (Å²) in [5.41, 5.74) is 1.97. The van der Waals surface area contributed by atoms with Gasteiger partial charge >= 0.3 is 0 Å². The number of piperazine rings is 1. The Morgan fingerprint density at radius 1 is 1.18 bits per heavy atom. The first-order chi connectivity index (χ1) is 16.3. The number of anilines is 2. The fraction of sp³-hybridized carbons (Fsp3) is 0.600. The van der Waals surface area contributed by atoms with Gasteiger partial charge in [-0.25, -0.2) is 4.68 Å². The van der Waals surface area contributed by atoms with Crippen LogP contribution in [0.4, 0.5) is 11.4 Å². The molecule has 4 fully saturated rings. The first kappa shape index (κ1) is 23.3. The lowest BCUT2D eigenvalue weighted by Gasteiger charge is -2.62. The van der Waals surface area contributed by atoms with Gasteiger partial charge in [-0.15, -0.1) is 0 Å². The van der Waals surface area contributed by atoms with Gasteiger partial charge in [-0.05, 0) is 64.1 Å². The van der Waals surface area contributed by atoms with Crippen LogP contribution in [0.15, 0.2) is 40.0 Å². The Bertz CT molecular complexity index is 1110. The van der Waals surface area contributed by atoms with E-state index >= 15 is 0 Å². The number of hydrogen-bond donors (Lipinski definition) is 1. The molecule has 1 saturated heterocycles. The summed E-state index contributed by atoms with van der Waals surface area (Å²) in [5, 5.41) is 7.91. The summed E-state index contributed by atoms with van der Waals surface area (Å²) < 4.78 is 1.71. The van der Waals surface area contributed by atoms with Crippen molar-refractivity contribution < 1.29 is 4.79 Å². The molecule has 1 amide bonds. The molecule has 8 nitrogen and oxygen atoms in total. The van der Waals surface area contributed by atoms with Gasteiger partial charge in [-0.2, -0.15) is 5.10 Å². The number of pyridine rings is 1. The van der Waals surface area contributed by atoms with Crippen molar-refractivity contribution in [1.82, 2.24) is 19.7 Å². The summed E-state index contributed by atoms with van der Waals surface area (Å²) in [6.45, 7) is 9.77. The number of amides is 1. The summed E-state index contributed by atoms with van der Waals surface area (Å²) in [4.78, 5) is 34.0. The lowest BCUT2D eigenvalue weighted by Crippen LogP contribution is -2.58. The number of aromatic nitrogens is 3. The minimum atomic E-state index is -0.275. The van der Waals surface area contributed by atoms with Crippen LogP contribution in [0.2, 0.25) is 0 Å². The predicted molar refractivity (Wildman–Crippen MR) is 136 cm³/mol. The molecule has 0 spiro atoms. The molecule has 2 aromatic heterocycles. The summed E-state index contributed by atoms with van der Waals surface area (Å²) in [6.07, 6.45) is 7.66. The Morgan fingerprint density at radius 3 is 2.53 bits per heavy atom. The van der Waals surface area contributed by atoms with Crippen molar-refractivity contribution >= 4 is 33.2 Å². The monoisotopic (exact) mass is 528 g/mol. The lowest BCUT2D eigenvalue weighted by molar-refractivity contribution is -0.132. The van der Waals surface area contributed by atoms with Gasteiger partial charge < -0.3 is 15.1 Å². The van der Waals surface area contributed by atoms with Crippen LogP contribution in [-0.2, 0) is 11.3 Å². The molecule has 3 aliphatic carbocycles. The van der Waals surface area contributed by atoms with Gasteiger partial charge in [0.05, 0.1) is 11.9 Å². The third-order valence-corrected chi connectivity index (χ3v) is 9.39. The molecule has 0 radical (unpaired) electrons. The summed E-state index contributed by atoms with van der Waals surface area (Å²) in [6, 6.07) is 4.29. The second-order valence-corrected chi connectivity index (χ2v) is 11.4. The molecule has 6 rings (SSSR count). The molecule has 3 saturated carbocycles. The fourth-order valence-electron chi connectivity index (χ4n) is 6.22. The zero-order valence-corrected chi connectivity index (χ0v) is 21.7. The SMILES string of the molecule is C[C@@H]1[C@H]2C[C@@H](C[C@H]1Nc1cnn(CC(=O)N3CCN(c4ccncc4)CC3)c(=O)c1Br)C2(C)C.